The highest BCUT2D eigenvalue weighted by atomic mass is 35.5. The number of aryl methyl sites for hydroxylation is 1. The van der Waals surface area contributed by atoms with Crippen molar-refractivity contribution < 1.29 is 9.53 Å². The van der Waals surface area contributed by atoms with Crippen LogP contribution in [0.3, 0.4) is 0 Å². The summed E-state index contributed by atoms with van der Waals surface area (Å²) in [5.74, 6) is 0.615. The third-order valence-electron chi connectivity index (χ3n) is 3.11. The van der Waals surface area contributed by atoms with Crippen molar-refractivity contribution >= 4 is 34.8 Å². The smallest absolute Gasteiger partial charge is 0.224 e. The highest BCUT2D eigenvalue weighted by Gasteiger charge is 2.06. The molecular formula is C18H17Cl2NO2. The molecule has 0 aliphatic carbocycles. The van der Waals surface area contributed by atoms with Crippen LogP contribution in [-0.4, -0.2) is 12.5 Å². The van der Waals surface area contributed by atoms with Crippen molar-refractivity contribution in [3.05, 3.63) is 70.7 Å². The van der Waals surface area contributed by atoms with Gasteiger partial charge in [-0.05, 0) is 36.2 Å². The van der Waals surface area contributed by atoms with Crippen LogP contribution in [0.1, 0.15) is 12.0 Å². The van der Waals surface area contributed by atoms with E-state index in [0.29, 0.717) is 40.9 Å². The average Bonchev–Trinajstić information content (AvgIpc) is 2.54. The van der Waals surface area contributed by atoms with Gasteiger partial charge in [-0.2, -0.15) is 0 Å². The maximum absolute atomic E-state index is 12.0. The Morgan fingerprint density at radius 2 is 2.00 bits per heavy atom. The van der Waals surface area contributed by atoms with Gasteiger partial charge in [-0.25, -0.2) is 0 Å². The predicted molar refractivity (Wildman–Crippen MR) is 95.5 cm³/mol. The van der Waals surface area contributed by atoms with Gasteiger partial charge in [0.25, 0.3) is 0 Å². The first-order chi connectivity index (χ1) is 11.1. The van der Waals surface area contributed by atoms with Crippen molar-refractivity contribution in [2.45, 2.75) is 12.8 Å². The van der Waals surface area contributed by atoms with Crippen LogP contribution in [0.4, 0.5) is 5.69 Å². The maximum Gasteiger partial charge on any atom is 0.224 e. The number of rotatable bonds is 7. The number of carbonyl (C=O) groups excluding carboxylic acids is 1. The summed E-state index contributed by atoms with van der Waals surface area (Å²) in [4.78, 5) is 12.0. The van der Waals surface area contributed by atoms with E-state index in [1.54, 1.807) is 24.3 Å². The molecule has 0 radical (unpaired) electrons. The number of hydrogen-bond acceptors (Lipinski definition) is 2. The van der Waals surface area contributed by atoms with Crippen LogP contribution in [-0.2, 0) is 11.2 Å². The lowest BCUT2D eigenvalue weighted by molar-refractivity contribution is -0.116. The van der Waals surface area contributed by atoms with Crippen LogP contribution in [0.25, 0.3) is 0 Å². The summed E-state index contributed by atoms with van der Waals surface area (Å²) in [6.07, 6.45) is 2.62. The van der Waals surface area contributed by atoms with E-state index in [2.05, 4.69) is 11.9 Å². The van der Waals surface area contributed by atoms with Crippen LogP contribution in [0, 0.1) is 0 Å². The number of ether oxygens (including phenoxy) is 1. The zero-order chi connectivity index (χ0) is 16.7. The third-order valence-corrected chi connectivity index (χ3v) is 3.85. The summed E-state index contributed by atoms with van der Waals surface area (Å²) in [6, 6.07) is 12.6. The molecule has 2 rings (SSSR count). The van der Waals surface area contributed by atoms with E-state index in [-0.39, 0.29) is 5.91 Å². The zero-order valence-corrected chi connectivity index (χ0v) is 14.0. The third kappa shape index (κ3) is 5.62. The summed E-state index contributed by atoms with van der Waals surface area (Å²) >= 11 is 11.8. The topological polar surface area (TPSA) is 38.3 Å². The quantitative estimate of drug-likeness (QED) is 0.703. The molecule has 0 fully saturated rings. The second-order valence-corrected chi connectivity index (χ2v) is 5.74. The Labute approximate surface area is 145 Å². The molecule has 0 saturated heterocycles. The van der Waals surface area contributed by atoms with Gasteiger partial charge in [0.05, 0.1) is 10.0 Å². The fourth-order valence-electron chi connectivity index (χ4n) is 2.00. The van der Waals surface area contributed by atoms with Crippen LogP contribution in [0.5, 0.6) is 5.75 Å². The Hall–Kier alpha value is -1.97. The lowest BCUT2D eigenvalue weighted by atomic mass is 10.1. The molecule has 0 spiro atoms. The second kappa shape index (κ2) is 8.61. The molecule has 0 heterocycles. The van der Waals surface area contributed by atoms with Crippen molar-refractivity contribution in [3.63, 3.8) is 0 Å². The van der Waals surface area contributed by atoms with E-state index in [1.807, 2.05) is 24.3 Å². The lowest BCUT2D eigenvalue weighted by Gasteiger charge is -2.08. The minimum atomic E-state index is -0.0723. The van der Waals surface area contributed by atoms with Gasteiger partial charge in [0.1, 0.15) is 12.4 Å². The summed E-state index contributed by atoms with van der Waals surface area (Å²) < 4.78 is 5.43. The Balaban J connectivity index is 1.89. The van der Waals surface area contributed by atoms with Gasteiger partial charge in [0.15, 0.2) is 0 Å². The number of anilines is 1. The van der Waals surface area contributed by atoms with E-state index in [0.717, 1.165) is 5.56 Å². The summed E-state index contributed by atoms with van der Waals surface area (Å²) in [5, 5.41) is 3.86. The Morgan fingerprint density at radius 3 is 2.74 bits per heavy atom. The lowest BCUT2D eigenvalue weighted by Crippen LogP contribution is -2.12. The molecule has 0 unspecified atom stereocenters. The Morgan fingerprint density at radius 1 is 1.17 bits per heavy atom. The number of benzene rings is 2. The summed E-state index contributed by atoms with van der Waals surface area (Å²) in [6.45, 7) is 4.02. The molecule has 23 heavy (non-hydrogen) atoms. The number of nitrogens with one attached hydrogen (secondary N) is 1. The molecule has 0 saturated carbocycles. The molecule has 0 aliphatic heterocycles. The van der Waals surface area contributed by atoms with Crippen molar-refractivity contribution in [2.24, 2.45) is 0 Å². The molecule has 1 N–H and O–H groups in total. The minimum absolute atomic E-state index is 0.0723. The Bertz CT molecular complexity index is 701. The standard InChI is InChI=1S/C18H17Cl2NO2/c1-2-10-23-15-5-3-4-14(12-15)21-18(22)9-7-13-6-8-16(19)17(20)11-13/h2-6,8,11-12H,1,7,9-10H2,(H,21,22). The van der Waals surface area contributed by atoms with Crippen LogP contribution in [0.15, 0.2) is 55.1 Å². The van der Waals surface area contributed by atoms with E-state index in [1.165, 1.54) is 0 Å². The first kappa shape index (κ1) is 17.4. The highest BCUT2D eigenvalue weighted by Crippen LogP contribution is 2.23. The number of halogens is 2. The van der Waals surface area contributed by atoms with Crippen molar-refractivity contribution in [1.29, 1.82) is 0 Å². The van der Waals surface area contributed by atoms with Gasteiger partial charge >= 0.3 is 0 Å². The summed E-state index contributed by atoms with van der Waals surface area (Å²) in [5.41, 5.74) is 1.67. The second-order valence-electron chi connectivity index (χ2n) is 4.92. The predicted octanol–water partition coefficient (Wildman–Crippen LogP) is 5.13. The summed E-state index contributed by atoms with van der Waals surface area (Å²) in [7, 11) is 0. The van der Waals surface area contributed by atoms with Gasteiger partial charge in [-0.1, -0.05) is 48.0 Å². The van der Waals surface area contributed by atoms with Gasteiger partial charge in [-0.3, -0.25) is 4.79 Å². The van der Waals surface area contributed by atoms with Gasteiger partial charge < -0.3 is 10.1 Å². The van der Waals surface area contributed by atoms with Gasteiger partial charge in [0.2, 0.25) is 5.91 Å². The first-order valence-corrected chi connectivity index (χ1v) is 7.91. The van der Waals surface area contributed by atoms with Crippen molar-refractivity contribution in [1.82, 2.24) is 0 Å². The molecular weight excluding hydrogens is 333 g/mol. The number of amides is 1. The highest BCUT2D eigenvalue weighted by molar-refractivity contribution is 6.42. The molecule has 3 nitrogen and oxygen atoms in total. The normalized spacial score (nSPS) is 10.2. The van der Waals surface area contributed by atoms with Crippen LogP contribution >= 0.6 is 23.2 Å². The van der Waals surface area contributed by atoms with Crippen molar-refractivity contribution in [3.8, 4) is 5.75 Å². The molecule has 0 aromatic heterocycles. The fourth-order valence-corrected chi connectivity index (χ4v) is 2.32. The fraction of sp³-hybridized carbons (Fsp3) is 0.167. The number of carbonyl (C=O) groups is 1. The molecule has 2 aromatic carbocycles. The van der Waals surface area contributed by atoms with Crippen molar-refractivity contribution in [2.75, 3.05) is 11.9 Å². The van der Waals surface area contributed by atoms with E-state index >= 15 is 0 Å². The van der Waals surface area contributed by atoms with Gasteiger partial charge in [-0.15, -0.1) is 0 Å². The molecule has 0 bridgehead atoms. The minimum Gasteiger partial charge on any atom is -0.489 e. The first-order valence-electron chi connectivity index (χ1n) is 7.16. The van der Waals surface area contributed by atoms with E-state index in [4.69, 9.17) is 27.9 Å². The maximum atomic E-state index is 12.0. The molecule has 2 aromatic rings. The molecule has 120 valence electrons. The molecule has 0 aliphatic rings. The molecule has 1 amide bonds. The largest absolute Gasteiger partial charge is 0.489 e. The van der Waals surface area contributed by atoms with Crippen LogP contribution in [0.2, 0.25) is 10.0 Å². The monoisotopic (exact) mass is 349 g/mol. The molecule has 0 atom stereocenters. The SMILES string of the molecule is C=CCOc1cccc(NC(=O)CCc2ccc(Cl)c(Cl)c2)c1. The van der Waals surface area contributed by atoms with E-state index < -0.39 is 0 Å². The van der Waals surface area contributed by atoms with Crippen LogP contribution < -0.4 is 10.1 Å². The number of hydrogen-bond donors (Lipinski definition) is 1. The van der Waals surface area contributed by atoms with Gasteiger partial charge in [0, 0.05) is 18.2 Å². The zero-order valence-electron chi connectivity index (χ0n) is 12.5. The molecule has 5 heteroatoms. The average molecular weight is 350 g/mol. The van der Waals surface area contributed by atoms with E-state index in [9.17, 15) is 4.79 Å². The Kier molecular flexibility index (Phi) is 6.51.